The van der Waals surface area contributed by atoms with Gasteiger partial charge < -0.3 is 9.47 Å². The summed E-state index contributed by atoms with van der Waals surface area (Å²) in [5, 5.41) is 0.923. The zero-order valence-electron chi connectivity index (χ0n) is 36.2. The molecule has 9 rings (SSSR count). The molecule has 0 spiro atoms. The third-order valence-electron chi connectivity index (χ3n) is 11.7. The molecule has 0 fully saturated rings. The lowest BCUT2D eigenvalue weighted by molar-refractivity contribution is -0.288. The van der Waals surface area contributed by atoms with Gasteiger partial charge in [0.05, 0.1) is 10.2 Å². The molecule has 0 radical (unpaired) electrons. The van der Waals surface area contributed by atoms with Crippen LogP contribution in [0.4, 0.5) is 26.3 Å². The Bertz CT molecular complexity index is 3220. The van der Waals surface area contributed by atoms with Gasteiger partial charge >= 0.3 is 12.4 Å². The van der Waals surface area contributed by atoms with Crippen LogP contribution < -0.4 is 9.47 Å². The Labute approximate surface area is 390 Å². The van der Waals surface area contributed by atoms with Crippen molar-refractivity contribution in [1.82, 2.24) is 4.98 Å². The van der Waals surface area contributed by atoms with Gasteiger partial charge in [0.25, 0.3) is 0 Å². The van der Waals surface area contributed by atoms with Crippen molar-refractivity contribution >= 4 is 33.1 Å². The van der Waals surface area contributed by atoms with Crippen molar-refractivity contribution in [3.8, 4) is 44.7 Å². The Morgan fingerprint density at radius 1 is 0.471 bits per heavy atom. The van der Waals surface area contributed by atoms with Gasteiger partial charge in [-0.05, 0) is 133 Å². The number of ether oxygens (including phenoxy) is 2. The van der Waals surface area contributed by atoms with Crippen molar-refractivity contribution < 1.29 is 45.4 Å². The smallest absolute Gasteiger partial charge is 0.411 e. The second kappa shape index (κ2) is 18.1. The SMILES string of the molecule is Cc1ccc(C(=O)c2ccc(Oc3ccc(C(c4ccc(Oc5ccc(C(=O)c6ccc(-c7ccc(C)c(-c8nc9ccccc9s8)c7)cc6)cc5)cc4)(C(F)(F)F)C(F)(F)F)cc3)cc2)cc1. The van der Waals surface area contributed by atoms with Crippen LogP contribution in [-0.2, 0) is 5.41 Å². The predicted molar refractivity (Wildman–Crippen MR) is 252 cm³/mol. The van der Waals surface area contributed by atoms with Gasteiger partial charge in [-0.1, -0.05) is 103 Å². The van der Waals surface area contributed by atoms with Crippen LogP contribution in [0.1, 0.15) is 54.1 Å². The predicted octanol–water partition coefficient (Wildman–Crippen LogP) is 15.7. The first-order chi connectivity index (χ1) is 32.6. The molecule has 5 nitrogen and oxygen atoms in total. The minimum absolute atomic E-state index is 0.0204. The Hall–Kier alpha value is -7.83. The van der Waals surface area contributed by atoms with Gasteiger partial charge in [-0.3, -0.25) is 9.59 Å². The molecule has 0 unspecified atom stereocenters. The third-order valence-corrected chi connectivity index (χ3v) is 12.8. The molecule has 0 amide bonds. The molecule has 68 heavy (non-hydrogen) atoms. The number of alkyl halides is 6. The fraction of sp³-hybridized carbons (Fsp3) is 0.0893. The summed E-state index contributed by atoms with van der Waals surface area (Å²) in [6, 6.07) is 47.5. The molecule has 1 aromatic heterocycles. The van der Waals surface area contributed by atoms with E-state index in [1.807, 2.05) is 74.5 Å². The molecule has 9 aromatic rings. The average molecular weight is 934 g/mol. The molecule has 0 bridgehead atoms. The first-order valence-electron chi connectivity index (χ1n) is 21.2. The van der Waals surface area contributed by atoms with E-state index in [0.717, 1.165) is 91.6 Å². The number of ketones is 2. The second-order valence-electron chi connectivity index (χ2n) is 16.2. The minimum atomic E-state index is -5.82. The van der Waals surface area contributed by atoms with Crippen LogP contribution in [0.3, 0.4) is 0 Å². The summed E-state index contributed by atoms with van der Waals surface area (Å²) in [7, 11) is 0. The van der Waals surface area contributed by atoms with Crippen LogP contribution in [0.15, 0.2) is 188 Å². The van der Waals surface area contributed by atoms with Gasteiger partial charge in [-0.15, -0.1) is 11.3 Å². The van der Waals surface area contributed by atoms with Crippen molar-refractivity contribution in [3.05, 3.63) is 233 Å². The molecule has 1 heterocycles. The van der Waals surface area contributed by atoms with Crippen LogP contribution >= 0.6 is 11.3 Å². The van der Waals surface area contributed by atoms with Gasteiger partial charge in [0.1, 0.15) is 28.0 Å². The summed E-state index contributed by atoms with van der Waals surface area (Å²) >= 11 is 1.63. The summed E-state index contributed by atoms with van der Waals surface area (Å²) in [5.74, 6) is -0.121. The zero-order valence-corrected chi connectivity index (χ0v) is 37.0. The van der Waals surface area contributed by atoms with E-state index in [9.17, 15) is 35.9 Å². The summed E-state index contributed by atoms with van der Waals surface area (Å²) in [6.45, 7) is 3.94. The topological polar surface area (TPSA) is 65.5 Å². The molecule has 0 aliphatic rings. The number of thiazole rings is 1. The number of hydrogen-bond donors (Lipinski definition) is 0. The molecule has 0 saturated heterocycles. The monoisotopic (exact) mass is 933 g/mol. The molecule has 12 heteroatoms. The summed E-state index contributed by atoms with van der Waals surface area (Å²) in [6.07, 6.45) is -11.6. The van der Waals surface area contributed by atoms with Gasteiger partial charge in [-0.25, -0.2) is 4.98 Å². The maximum absolute atomic E-state index is 15.0. The molecule has 0 N–H and O–H groups in total. The average Bonchev–Trinajstić information content (AvgIpc) is 3.77. The van der Waals surface area contributed by atoms with E-state index in [1.54, 1.807) is 35.6 Å². The van der Waals surface area contributed by atoms with Crippen LogP contribution in [-0.4, -0.2) is 28.9 Å². The number of rotatable bonds is 12. The molecule has 0 aliphatic heterocycles. The first kappa shape index (κ1) is 45.3. The van der Waals surface area contributed by atoms with E-state index in [2.05, 4.69) is 6.07 Å². The molecular weight excluding hydrogens is 897 g/mol. The highest BCUT2D eigenvalue weighted by Crippen LogP contribution is 2.56. The quantitative estimate of drug-likeness (QED) is 0.0902. The number of fused-ring (bicyclic) bond motifs is 1. The number of aromatic nitrogens is 1. The molecule has 0 saturated carbocycles. The highest BCUT2D eigenvalue weighted by molar-refractivity contribution is 7.21. The van der Waals surface area contributed by atoms with E-state index in [-0.39, 0.29) is 34.6 Å². The van der Waals surface area contributed by atoms with Crippen LogP contribution in [0.5, 0.6) is 23.0 Å². The van der Waals surface area contributed by atoms with E-state index in [1.165, 1.54) is 48.5 Å². The number of para-hydroxylation sites is 1. The number of carbonyl (C=O) groups is 2. The van der Waals surface area contributed by atoms with Crippen LogP contribution in [0.2, 0.25) is 0 Å². The molecule has 338 valence electrons. The normalized spacial score (nSPS) is 11.9. The number of halogens is 6. The highest BCUT2D eigenvalue weighted by atomic mass is 32.1. The van der Waals surface area contributed by atoms with Crippen molar-refractivity contribution in [2.45, 2.75) is 31.6 Å². The number of benzene rings is 8. The van der Waals surface area contributed by atoms with Crippen molar-refractivity contribution in [1.29, 1.82) is 0 Å². The molecular formula is C56H37F6NO4S. The van der Waals surface area contributed by atoms with Gasteiger partial charge in [0, 0.05) is 27.8 Å². The molecule has 0 atom stereocenters. The summed E-state index contributed by atoms with van der Waals surface area (Å²) < 4.78 is 103. The van der Waals surface area contributed by atoms with Crippen LogP contribution in [0, 0.1) is 13.8 Å². The second-order valence-corrected chi connectivity index (χ2v) is 17.2. The van der Waals surface area contributed by atoms with Gasteiger partial charge in [0.15, 0.2) is 11.6 Å². The Balaban J connectivity index is 0.876. The standard InChI is InChI=1S/C56H37F6NO4S/c1-34-7-10-37(11-8-34)51(64)39-17-25-44(26-18-39)66-46-29-21-42(22-30-46)54(55(57,58)59,56(60,61)62)43-23-31-47(32-24-43)67-45-27-19-40(20-28-45)52(65)38-15-13-36(14-16-38)41-12-9-35(2)48(33-41)53-63-49-5-3-4-6-50(49)68-53/h3-33H,1-2H3. The minimum Gasteiger partial charge on any atom is -0.457 e. The van der Waals surface area contributed by atoms with Gasteiger partial charge in [0.2, 0.25) is 5.41 Å². The largest absolute Gasteiger partial charge is 0.457 e. The van der Waals surface area contributed by atoms with Gasteiger partial charge in [-0.2, -0.15) is 26.3 Å². The number of hydrogen-bond acceptors (Lipinski definition) is 6. The Morgan fingerprint density at radius 3 is 1.31 bits per heavy atom. The molecule has 0 aliphatic carbocycles. The molecule has 8 aromatic carbocycles. The lowest BCUT2D eigenvalue weighted by atomic mass is 9.73. The highest BCUT2D eigenvalue weighted by Gasteiger charge is 2.72. The number of carbonyl (C=O) groups excluding carboxylic acids is 2. The van der Waals surface area contributed by atoms with E-state index < -0.39 is 28.9 Å². The fourth-order valence-corrected chi connectivity index (χ4v) is 9.07. The lowest BCUT2D eigenvalue weighted by Crippen LogP contribution is -2.54. The zero-order chi connectivity index (χ0) is 47.8. The van der Waals surface area contributed by atoms with Crippen molar-refractivity contribution in [3.63, 3.8) is 0 Å². The van der Waals surface area contributed by atoms with Crippen LogP contribution in [0.25, 0.3) is 31.9 Å². The maximum Gasteiger partial charge on any atom is 0.411 e. The van der Waals surface area contributed by atoms with E-state index in [0.29, 0.717) is 22.3 Å². The van der Waals surface area contributed by atoms with Crippen molar-refractivity contribution in [2.24, 2.45) is 0 Å². The third kappa shape index (κ3) is 8.90. The van der Waals surface area contributed by atoms with Crippen molar-refractivity contribution in [2.75, 3.05) is 0 Å². The number of nitrogens with zero attached hydrogens (tertiary/aromatic N) is 1. The maximum atomic E-state index is 15.0. The first-order valence-corrected chi connectivity index (χ1v) is 22.0. The lowest BCUT2D eigenvalue weighted by Gasteiger charge is -2.38. The Kier molecular flexibility index (Phi) is 12.1. The van der Waals surface area contributed by atoms with E-state index in [4.69, 9.17) is 14.5 Å². The fourth-order valence-electron chi connectivity index (χ4n) is 8.02. The summed E-state index contributed by atoms with van der Waals surface area (Å²) in [4.78, 5) is 31.2. The van der Waals surface area contributed by atoms with E-state index >= 15 is 0 Å². The Morgan fingerprint density at radius 2 is 0.868 bits per heavy atom. The summed E-state index contributed by atoms with van der Waals surface area (Å²) in [5.41, 5.74) is 1.01. The number of aryl methyl sites for hydroxylation is 2.